The van der Waals surface area contributed by atoms with Crippen LogP contribution in [0.15, 0.2) is 72.8 Å². The number of ether oxygens (including phenoxy) is 1. The lowest BCUT2D eigenvalue weighted by molar-refractivity contribution is -0.127. The molecule has 4 heteroatoms. The van der Waals surface area contributed by atoms with E-state index in [1.165, 1.54) is 5.56 Å². The summed E-state index contributed by atoms with van der Waals surface area (Å²) in [6.45, 7) is 5.16. The molecule has 0 fully saturated rings. The van der Waals surface area contributed by atoms with E-state index in [1.54, 1.807) is 6.92 Å². The van der Waals surface area contributed by atoms with E-state index in [9.17, 15) is 4.79 Å². The minimum Gasteiger partial charge on any atom is -0.481 e. The Labute approximate surface area is 179 Å². The third-order valence-electron chi connectivity index (χ3n) is 4.94. The summed E-state index contributed by atoms with van der Waals surface area (Å²) < 4.78 is 5.76. The van der Waals surface area contributed by atoms with Gasteiger partial charge in [-0.1, -0.05) is 66.2 Å². The van der Waals surface area contributed by atoms with E-state index in [0.717, 1.165) is 28.8 Å². The fourth-order valence-corrected chi connectivity index (χ4v) is 3.31. The van der Waals surface area contributed by atoms with Crippen molar-refractivity contribution in [3.8, 4) is 16.9 Å². The van der Waals surface area contributed by atoms with Crippen molar-refractivity contribution >= 4 is 5.91 Å². The fraction of sp³-hybridized carbons (Fsp3) is 0.269. The predicted octanol–water partition coefficient (Wildman–Crippen LogP) is 4.81. The van der Waals surface area contributed by atoms with Crippen LogP contribution in [0.4, 0.5) is 0 Å². The van der Waals surface area contributed by atoms with E-state index in [2.05, 4.69) is 60.7 Å². The Hall–Kier alpha value is -3.11. The first kappa shape index (κ1) is 21.6. The Balaban J connectivity index is 1.64. The number of nitrogens with one attached hydrogen (secondary N) is 1. The lowest BCUT2D eigenvalue weighted by Crippen LogP contribution is -2.36. The summed E-state index contributed by atoms with van der Waals surface area (Å²) in [6, 6.07) is 24.5. The van der Waals surface area contributed by atoms with E-state index in [0.29, 0.717) is 12.3 Å². The number of carbonyl (C=O) groups is 1. The van der Waals surface area contributed by atoms with E-state index < -0.39 is 6.10 Å². The van der Waals surface area contributed by atoms with Gasteiger partial charge in [0.25, 0.3) is 5.91 Å². The maximum Gasteiger partial charge on any atom is 0.261 e. The molecule has 0 spiro atoms. The van der Waals surface area contributed by atoms with E-state index >= 15 is 0 Å². The Morgan fingerprint density at radius 1 is 0.967 bits per heavy atom. The van der Waals surface area contributed by atoms with E-state index in [4.69, 9.17) is 4.74 Å². The Bertz CT molecular complexity index is 963. The Morgan fingerprint density at radius 2 is 1.63 bits per heavy atom. The van der Waals surface area contributed by atoms with Gasteiger partial charge >= 0.3 is 0 Å². The zero-order valence-electron chi connectivity index (χ0n) is 18.2. The molecule has 0 bridgehead atoms. The summed E-state index contributed by atoms with van der Waals surface area (Å²) in [6.07, 6.45) is -0.565. The summed E-state index contributed by atoms with van der Waals surface area (Å²) in [4.78, 5) is 14.7. The van der Waals surface area contributed by atoms with Gasteiger partial charge in [-0.15, -0.1) is 0 Å². The van der Waals surface area contributed by atoms with Crippen molar-refractivity contribution in [3.63, 3.8) is 0 Å². The quantitative estimate of drug-likeness (QED) is 0.588. The molecule has 3 aromatic carbocycles. The Kier molecular flexibility index (Phi) is 7.26. The average Bonchev–Trinajstić information content (AvgIpc) is 2.74. The molecule has 1 amide bonds. The number of hydrogen-bond acceptors (Lipinski definition) is 3. The van der Waals surface area contributed by atoms with Gasteiger partial charge in [0, 0.05) is 13.1 Å². The first-order valence-corrected chi connectivity index (χ1v) is 10.3. The Morgan fingerprint density at radius 3 is 2.30 bits per heavy atom. The van der Waals surface area contributed by atoms with Crippen LogP contribution in [0.1, 0.15) is 23.6 Å². The van der Waals surface area contributed by atoms with Crippen molar-refractivity contribution in [2.24, 2.45) is 0 Å². The van der Waals surface area contributed by atoms with Crippen LogP contribution in [-0.2, 0) is 17.9 Å². The molecule has 156 valence electrons. The second-order valence-corrected chi connectivity index (χ2v) is 7.88. The number of amides is 1. The van der Waals surface area contributed by atoms with Gasteiger partial charge in [-0.2, -0.15) is 0 Å². The molecule has 0 heterocycles. The summed E-state index contributed by atoms with van der Waals surface area (Å²) in [5, 5.41) is 3.01. The molecule has 30 heavy (non-hydrogen) atoms. The van der Waals surface area contributed by atoms with Gasteiger partial charge in [0.2, 0.25) is 0 Å². The first-order chi connectivity index (χ1) is 14.4. The highest BCUT2D eigenvalue weighted by Crippen LogP contribution is 2.24. The normalized spacial score (nSPS) is 11.9. The van der Waals surface area contributed by atoms with Gasteiger partial charge in [0.15, 0.2) is 6.10 Å². The standard InChI is InChI=1S/C26H30N2O2/c1-19-9-15-24(16-10-19)30-20(2)26(29)27-17-23-7-5-6-8-25(23)22-13-11-21(12-14-22)18-28(3)4/h5-16,20H,17-18H2,1-4H3,(H,27,29). The van der Waals surface area contributed by atoms with E-state index in [-0.39, 0.29) is 5.91 Å². The molecule has 0 aliphatic heterocycles. The highest BCUT2D eigenvalue weighted by atomic mass is 16.5. The topological polar surface area (TPSA) is 41.6 Å². The molecule has 0 saturated carbocycles. The summed E-state index contributed by atoms with van der Waals surface area (Å²) in [5.41, 5.74) is 5.78. The highest BCUT2D eigenvalue weighted by molar-refractivity contribution is 5.81. The molecule has 3 rings (SSSR count). The van der Waals surface area contributed by atoms with Gasteiger partial charge in [-0.25, -0.2) is 0 Å². The molecule has 0 aliphatic carbocycles. The summed E-state index contributed by atoms with van der Waals surface area (Å²) in [5.74, 6) is 0.563. The molecular formula is C26H30N2O2. The van der Waals surface area contributed by atoms with E-state index in [1.807, 2.05) is 43.3 Å². The van der Waals surface area contributed by atoms with Gasteiger partial charge < -0.3 is 15.0 Å². The van der Waals surface area contributed by atoms with Crippen LogP contribution >= 0.6 is 0 Å². The zero-order valence-corrected chi connectivity index (χ0v) is 18.2. The first-order valence-electron chi connectivity index (χ1n) is 10.3. The molecule has 0 saturated heterocycles. The van der Waals surface area contributed by atoms with Crippen molar-refractivity contribution in [2.45, 2.75) is 33.0 Å². The van der Waals surface area contributed by atoms with Crippen LogP contribution in [0, 0.1) is 6.92 Å². The maximum absolute atomic E-state index is 12.5. The number of rotatable bonds is 8. The fourth-order valence-electron chi connectivity index (χ4n) is 3.31. The molecule has 1 N–H and O–H groups in total. The number of carbonyl (C=O) groups excluding carboxylic acids is 1. The van der Waals surface area contributed by atoms with Crippen LogP contribution in [0.5, 0.6) is 5.75 Å². The maximum atomic E-state index is 12.5. The van der Waals surface area contributed by atoms with Crippen LogP contribution < -0.4 is 10.1 Å². The van der Waals surface area contributed by atoms with Crippen molar-refractivity contribution in [1.82, 2.24) is 10.2 Å². The molecule has 0 aliphatic rings. The number of benzene rings is 3. The minimum atomic E-state index is -0.565. The molecule has 0 radical (unpaired) electrons. The van der Waals surface area contributed by atoms with Crippen LogP contribution in [0.3, 0.4) is 0 Å². The van der Waals surface area contributed by atoms with Crippen LogP contribution in [0.2, 0.25) is 0 Å². The summed E-state index contributed by atoms with van der Waals surface area (Å²) in [7, 11) is 4.13. The van der Waals surface area contributed by atoms with Gasteiger partial charge in [-0.05, 0) is 62.3 Å². The van der Waals surface area contributed by atoms with Crippen molar-refractivity contribution in [2.75, 3.05) is 14.1 Å². The molecule has 4 nitrogen and oxygen atoms in total. The second kappa shape index (κ2) is 10.1. The van der Waals surface area contributed by atoms with Crippen LogP contribution in [-0.4, -0.2) is 31.0 Å². The SMILES string of the molecule is Cc1ccc(OC(C)C(=O)NCc2ccccc2-c2ccc(CN(C)C)cc2)cc1. The smallest absolute Gasteiger partial charge is 0.261 e. The zero-order chi connectivity index (χ0) is 21.5. The highest BCUT2D eigenvalue weighted by Gasteiger charge is 2.15. The average molecular weight is 403 g/mol. The van der Waals surface area contributed by atoms with Gasteiger partial charge in [0.05, 0.1) is 0 Å². The predicted molar refractivity (Wildman–Crippen MR) is 122 cm³/mol. The molecule has 1 atom stereocenters. The molecule has 3 aromatic rings. The van der Waals surface area contributed by atoms with Crippen LogP contribution in [0.25, 0.3) is 11.1 Å². The van der Waals surface area contributed by atoms with Gasteiger partial charge in [0.1, 0.15) is 5.75 Å². The monoisotopic (exact) mass is 402 g/mol. The molecular weight excluding hydrogens is 372 g/mol. The largest absolute Gasteiger partial charge is 0.481 e. The van der Waals surface area contributed by atoms with Crippen molar-refractivity contribution in [1.29, 1.82) is 0 Å². The number of hydrogen-bond donors (Lipinski definition) is 1. The lowest BCUT2D eigenvalue weighted by atomic mass is 9.98. The number of aryl methyl sites for hydroxylation is 1. The van der Waals surface area contributed by atoms with Crippen molar-refractivity contribution < 1.29 is 9.53 Å². The third kappa shape index (κ3) is 5.94. The molecule has 1 unspecified atom stereocenters. The second-order valence-electron chi connectivity index (χ2n) is 7.88. The number of nitrogens with zero attached hydrogens (tertiary/aromatic N) is 1. The molecule has 0 aromatic heterocycles. The third-order valence-corrected chi connectivity index (χ3v) is 4.94. The minimum absolute atomic E-state index is 0.133. The summed E-state index contributed by atoms with van der Waals surface area (Å²) >= 11 is 0. The van der Waals surface area contributed by atoms with Gasteiger partial charge in [-0.3, -0.25) is 4.79 Å². The van der Waals surface area contributed by atoms with Crippen molar-refractivity contribution in [3.05, 3.63) is 89.5 Å². The lowest BCUT2D eigenvalue weighted by Gasteiger charge is -2.16.